The minimum absolute atomic E-state index is 0.154. The molecular weight excluding hydrogens is 230 g/mol. The first-order valence-corrected chi connectivity index (χ1v) is 6.85. The van der Waals surface area contributed by atoms with Gasteiger partial charge in [0.1, 0.15) is 0 Å². The van der Waals surface area contributed by atoms with Crippen molar-refractivity contribution in [1.29, 1.82) is 0 Å². The Kier molecular flexibility index (Phi) is 4.72. The lowest BCUT2D eigenvalue weighted by molar-refractivity contribution is 0.0153. The molecular formula is C13H23N3O2. The first-order chi connectivity index (χ1) is 8.65. The largest absolute Gasteiger partial charge is 0.378 e. The molecule has 0 aliphatic carbocycles. The molecule has 2 heterocycles. The van der Waals surface area contributed by atoms with Crippen LogP contribution in [0.4, 0.5) is 0 Å². The Morgan fingerprint density at radius 2 is 2.22 bits per heavy atom. The lowest BCUT2D eigenvalue weighted by Gasteiger charge is -2.20. The molecule has 102 valence electrons. The zero-order chi connectivity index (χ0) is 13.0. The lowest BCUT2D eigenvalue weighted by Crippen LogP contribution is -2.22. The van der Waals surface area contributed by atoms with Gasteiger partial charge in [0.2, 0.25) is 5.89 Å². The van der Waals surface area contributed by atoms with Gasteiger partial charge in [0.05, 0.1) is 12.1 Å². The van der Waals surface area contributed by atoms with E-state index in [9.17, 15) is 0 Å². The van der Waals surface area contributed by atoms with Gasteiger partial charge in [0.15, 0.2) is 5.82 Å². The molecule has 0 radical (unpaired) electrons. The van der Waals surface area contributed by atoms with Gasteiger partial charge in [-0.25, -0.2) is 0 Å². The Morgan fingerprint density at radius 1 is 1.39 bits per heavy atom. The molecule has 1 unspecified atom stereocenters. The highest BCUT2D eigenvalue weighted by Gasteiger charge is 2.20. The summed E-state index contributed by atoms with van der Waals surface area (Å²) in [6.07, 6.45) is 5.31. The Bertz CT molecular complexity index is 359. The van der Waals surface area contributed by atoms with E-state index >= 15 is 0 Å². The Hall–Kier alpha value is -0.940. The molecule has 5 nitrogen and oxygen atoms in total. The van der Waals surface area contributed by atoms with E-state index in [2.05, 4.69) is 24.0 Å². The summed E-state index contributed by atoms with van der Waals surface area (Å²) in [6.45, 7) is 5.11. The zero-order valence-corrected chi connectivity index (χ0v) is 11.3. The van der Waals surface area contributed by atoms with Crippen LogP contribution in [0.2, 0.25) is 0 Å². The minimum atomic E-state index is -0.154. The maximum atomic E-state index is 6.01. The number of hydrogen-bond donors (Lipinski definition) is 1. The molecule has 0 spiro atoms. The topological polar surface area (TPSA) is 74.2 Å². The first kappa shape index (κ1) is 13.5. The quantitative estimate of drug-likeness (QED) is 0.871. The van der Waals surface area contributed by atoms with Crippen molar-refractivity contribution in [2.75, 3.05) is 6.61 Å². The molecule has 1 aliphatic rings. The average Bonchev–Trinajstić information content (AvgIpc) is 2.78. The smallest absolute Gasteiger partial charge is 0.243 e. The number of aromatic nitrogens is 2. The van der Waals surface area contributed by atoms with Crippen molar-refractivity contribution >= 4 is 0 Å². The van der Waals surface area contributed by atoms with Crippen LogP contribution >= 0.6 is 0 Å². The second kappa shape index (κ2) is 6.29. The summed E-state index contributed by atoms with van der Waals surface area (Å²) < 4.78 is 10.9. The van der Waals surface area contributed by atoms with Crippen molar-refractivity contribution in [1.82, 2.24) is 10.1 Å². The van der Waals surface area contributed by atoms with Crippen molar-refractivity contribution in [3.63, 3.8) is 0 Å². The van der Waals surface area contributed by atoms with Crippen molar-refractivity contribution < 1.29 is 9.26 Å². The molecule has 5 heteroatoms. The van der Waals surface area contributed by atoms with Crippen LogP contribution in [0.1, 0.15) is 57.3 Å². The van der Waals surface area contributed by atoms with E-state index in [0.29, 0.717) is 11.8 Å². The zero-order valence-electron chi connectivity index (χ0n) is 11.3. The van der Waals surface area contributed by atoms with E-state index in [0.717, 1.165) is 38.1 Å². The van der Waals surface area contributed by atoms with E-state index in [4.69, 9.17) is 15.0 Å². The SMILES string of the molecule is CC(C)C[C@@H](N)c1nc(CC2CCCCO2)no1. The van der Waals surface area contributed by atoms with E-state index in [1.165, 1.54) is 6.42 Å². The van der Waals surface area contributed by atoms with Crippen LogP contribution in [-0.2, 0) is 11.2 Å². The van der Waals surface area contributed by atoms with E-state index in [-0.39, 0.29) is 12.1 Å². The minimum Gasteiger partial charge on any atom is -0.378 e. The normalized spacial score (nSPS) is 22.3. The van der Waals surface area contributed by atoms with Crippen LogP contribution in [0.5, 0.6) is 0 Å². The standard InChI is InChI=1S/C13H23N3O2/c1-9(2)7-11(14)13-15-12(16-18-13)8-10-5-3-4-6-17-10/h9-11H,3-8,14H2,1-2H3/t10?,11-/m1/s1. The maximum absolute atomic E-state index is 6.01. The van der Waals surface area contributed by atoms with Crippen LogP contribution in [0.25, 0.3) is 0 Å². The predicted molar refractivity (Wildman–Crippen MR) is 68.0 cm³/mol. The fraction of sp³-hybridized carbons (Fsp3) is 0.846. The molecule has 2 N–H and O–H groups in total. The van der Waals surface area contributed by atoms with E-state index in [1.54, 1.807) is 0 Å². The summed E-state index contributed by atoms with van der Waals surface area (Å²) in [7, 11) is 0. The van der Waals surface area contributed by atoms with Crippen LogP contribution in [-0.4, -0.2) is 22.9 Å². The fourth-order valence-electron chi connectivity index (χ4n) is 2.28. The average molecular weight is 253 g/mol. The molecule has 1 aromatic heterocycles. The number of nitrogens with zero attached hydrogens (tertiary/aromatic N) is 2. The predicted octanol–water partition coefficient (Wildman–Crippen LogP) is 2.23. The molecule has 1 aliphatic heterocycles. The number of rotatable bonds is 5. The van der Waals surface area contributed by atoms with Gasteiger partial charge in [-0.3, -0.25) is 0 Å². The molecule has 1 aromatic rings. The summed E-state index contributed by atoms with van der Waals surface area (Å²) in [5.74, 6) is 1.79. The summed E-state index contributed by atoms with van der Waals surface area (Å²) in [5, 5.41) is 3.99. The van der Waals surface area contributed by atoms with E-state index < -0.39 is 0 Å². The third kappa shape index (κ3) is 3.78. The first-order valence-electron chi connectivity index (χ1n) is 6.85. The maximum Gasteiger partial charge on any atom is 0.243 e. The third-order valence-corrected chi connectivity index (χ3v) is 3.21. The van der Waals surface area contributed by atoms with Crippen LogP contribution in [0.15, 0.2) is 4.52 Å². The van der Waals surface area contributed by atoms with Gasteiger partial charge >= 0.3 is 0 Å². The number of nitrogens with two attached hydrogens (primary N) is 1. The van der Waals surface area contributed by atoms with Gasteiger partial charge in [-0.1, -0.05) is 19.0 Å². The second-order valence-electron chi connectivity index (χ2n) is 5.48. The molecule has 1 saturated heterocycles. The molecule has 0 amide bonds. The molecule has 0 saturated carbocycles. The van der Waals surface area contributed by atoms with Gasteiger partial charge in [0.25, 0.3) is 0 Å². The Balaban J connectivity index is 1.88. The van der Waals surface area contributed by atoms with Gasteiger partial charge in [-0.2, -0.15) is 4.98 Å². The van der Waals surface area contributed by atoms with Gasteiger partial charge < -0.3 is 15.0 Å². The molecule has 2 atom stereocenters. The fourth-order valence-corrected chi connectivity index (χ4v) is 2.28. The lowest BCUT2D eigenvalue weighted by atomic mass is 10.0. The number of hydrogen-bond acceptors (Lipinski definition) is 5. The molecule has 0 aromatic carbocycles. The number of ether oxygens (including phenoxy) is 1. The summed E-state index contributed by atoms with van der Waals surface area (Å²) >= 11 is 0. The van der Waals surface area contributed by atoms with Crippen LogP contribution in [0.3, 0.4) is 0 Å². The van der Waals surface area contributed by atoms with E-state index in [1.807, 2.05) is 0 Å². The molecule has 1 fully saturated rings. The van der Waals surface area contributed by atoms with Crippen molar-refractivity contribution in [3.8, 4) is 0 Å². The molecule has 18 heavy (non-hydrogen) atoms. The third-order valence-electron chi connectivity index (χ3n) is 3.21. The van der Waals surface area contributed by atoms with Crippen molar-refractivity contribution in [3.05, 3.63) is 11.7 Å². The van der Waals surface area contributed by atoms with Gasteiger partial charge in [-0.15, -0.1) is 0 Å². The van der Waals surface area contributed by atoms with Gasteiger partial charge in [-0.05, 0) is 31.6 Å². The van der Waals surface area contributed by atoms with Crippen molar-refractivity contribution in [2.45, 2.75) is 58.1 Å². The summed E-state index contributed by atoms with van der Waals surface area (Å²) in [6, 6.07) is -0.154. The van der Waals surface area contributed by atoms with Crippen LogP contribution in [0, 0.1) is 5.92 Å². The molecule has 2 rings (SSSR count). The monoisotopic (exact) mass is 253 g/mol. The highest BCUT2D eigenvalue weighted by atomic mass is 16.5. The Labute approximate surface area is 108 Å². The summed E-state index contributed by atoms with van der Waals surface area (Å²) in [5.41, 5.74) is 6.01. The highest BCUT2D eigenvalue weighted by Crippen LogP contribution is 2.19. The molecule has 0 bridgehead atoms. The Morgan fingerprint density at radius 3 is 2.89 bits per heavy atom. The summed E-state index contributed by atoms with van der Waals surface area (Å²) in [4.78, 5) is 4.37. The second-order valence-corrected chi connectivity index (χ2v) is 5.48. The highest BCUT2D eigenvalue weighted by molar-refractivity contribution is 4.94. The van der Waals surface area contributed by atoms with Crippen molar-refractivity contribution in [2.24, 2.45) is 11.7 Å². The van der Waals surface area contributed by atoms with Crippen LogP contribution < -0.4 is 5.73 Å². The van der Waals surface area contributed by atoms with Gasteiger partial charge in [0, 0.05) is 13.0 Å².